The molecule has 3 nitrogen and oxygen atoms in total. The van der Waals surface area contributed by atoms with Crippen molar-refractivity contribution in [1.82, 2.24) is 5.32 Å². The molecular weight excluding hydrogens is 247 g/mol. The molecule has 0 aliphatic heterocycles. The third-order valence-corrected chi connectivity index (χ3v) is 3.41. The lowest BCUT2D eigenvalue weighted by molar-refractivity contribution is -0.198. The van der Waals surface area contributed by atoms with Crippen molar-refractivity contribution >= 4 is 5.91 Å². The fourth-order valence-electron chi connectivity index (χ4n) is 2.42. The van der Waals surface area contributed by atoms with Crippen LogP contribution in [-0.2, 0) is 4.79 Å². The van der Waals surface area contributed by atoms with Crippen molar-refractivity contribution in [3.63, 3.8) is 0 Å². The molecule has 1 amide bonds. The predicted molar refractivity (Wildman–Crippen MR) is 60.8 cm³/mol. The maximum Gasteiger partial charge on any atom is 0.392 e. The summed E-state index contributed by atoms with van der Waals surface area (Å²) in [5, 5.41) is 11.1. The zero-order chi connectivity index (χ0) is 13.6. The third kappa shape index (κ3) is 4.48. The number of carbonyl (C=O) groups is 1. The van der Waals surface area contributed by atoms with E-state index in [1.165, 1.54) is 0 Å². The molecule has 0 aromatic heterocycles. The Morgan fingerprint density at radius 2 is 1.89 bits per heavy atom. The van der Waals surface area contributed by atoms with Crippen molar-refractivity contribution in [3.05, 3.63) is 0 Å². The van der Waals surface area contributed by atoms with Crippen LogP contribution in [0.1, 0.15) is 38.5 Å². The fraction of sp³-hybridized carbons (Fsp3) is 0.917. The van der Waals surface area contributed by atoms with Crippen LogP contribution in [0.15, 0.2) is 0 Å². The van der Waals surface area contributed by atoms with Gasteiger partial charge in [-0.2, -0.15) is 13.2 Å². The average Bonchev–Trinajstić information content (AvgIpc) is 2.33. The molecule has 106 valence electrons. The van der Waals surface area contributed by atoms with Crippen LogP contribution in [0.2, 0.25) is 0 Å². The van der Waals surface area contributed by atoms with Gasteiger partial charge in [-0.3, -0.25) is 4.79 Å². The molecule has 1 rings (SSSR count). The number of unbranched alkanes of at least 4 members (excludes halogenated alkanes) is 1. The molecule has 0 aromatic rings. The van der Waals surface area contributed by atoms with Crippen LogP contribution in [-0.4, -0.2) is 30.3 Å². The van der Waals surface area contributed by atoms with Crippen molar-refractivity contribution < 1.29 is 23.1 Å². The lowest BCUT2D eigenvalue weighted by Crippen LogP contribution is -2.42. The van der Waals surface area contributed by atoms with Gasteiger partial charge >= 0.3 is 6.18 Å². The Labute approximate surface area is 105 Å². The molecular formula is C12H20F3NO2. The summed E-state index contributed by atoms with van der Waals surface area (Å²) < 4.78 is 38.3. The van der Waals surface area contributed by atoms with Gasteiger partial charge in [0.15, 0.2) is 0 Å². The average molecular weight is 267 g/mol. The van der Waals surface area contributed by atoms with Crippen molar-refractivity contribution in [2.75, 3.05) is 13.2 Å². The second-order valence-corrected chi connectivity index (χ2v) is 4.76. The number of nitrogens with one attached hydrogen (secondary N) is 1. The Hall–Kier alpha value is -0.780. The van der Waals surface area contributed by atoms with Gasteiger partial charge in [0.25, 0.3) is 0 Å². The molecule has 0 spiro atoms. The molecule has 2 N–H and O–H groups in total. The van der Waals surface area contributed by atoms with Crippen molar-refractivity contribution in [3.8, 4) is 0 Å². The summed E-state index contributed by atoms with van der Waals surface area (Å²) in [5.74, 6) is -2.92. The molecule has 0 saturated heterocycles. The molecule has 18 heavy (non-hydrogen) atoms. The minimum atomic E-state index is -4.28. The second kappa shape index (κ2) is 6.97. The van der Waals surface area contributed by atoms with Gasteiger partial charge in [0, 0.05) is 19.1 Å². The third-order valence-electron chi connectivity index (χ3n) is 3.41. The highest BCUT2D eigenvalue weighted by atomic mass is 19.4. The number of alkyl halides is 3. The van der Waals surface area contributed by atoms with E-state index in [-0.39, 0.29) is 13.0 Å². The largest absolute Gasteiger partial charge is 0.396 e. The van der Waals surface area contributed by atoms with Gasteiger partial charge in [-0.05, 0) is 25.7 Å². The van der Waals surface area contributed by atoms with Crippen LogP contribution in [0.3, 0.4) is 0 Å². The van der Waals surface area contributed by atoms with E-state index in [0.29, 0.717) is 38.6 Å². The standard InChI is InChI=1S/C12H20F3NO2/c13-12(14,15)10-6-2-1-5-9(10)11(18)16-7-3-4-8-17/h9-10,17H,1-8H2,(H,16,18). The van der Waals surface area contributed by atoms with Crippen LogP contribution in [0.5, 0.6) is 0 Å². The Morgan fingerprint density at radius 3 is 2.50 bits per heavy atom. The van der Waals surface area contributed by atoms with Crippen molar-refractivity contribution in [2.24, 2.45) is 11.8 Å². The Morgan fingerprint density at radius 1 is 1.22 bits per heavy atom. The van der Waals surface area contributed by atoms with Crippen LogP contribution in [0, 0.1) is 11.8 Å². The monoisotopic (exact) mass is 267 g/mol. The quantitative estimate of drug-likeness (QED) is 0.751. The summed E-state index contributed by atoms with van der Waals surface area (Å²) >= 11 is 0. The normalized spacial score (nSPS) is 24.9. The molecule has 0 bridgehead atoms. The minimum absolute atomic E-state index is 0.0322. The first-order chi connectivity index (χ1) is 8.46. The zero-order valence-corrected chi connectivity index (χ0v) is 10.3. The number of carbonyl (C=O) groups excluding carboxylic acids is 1. The minimum Gasteiger partial charge on any atom is -0.396 e. The molecule has 2 unspecified atom stereocenters. The molecule has 1 saturated carbocycles. The summed E-state index contributed by atoms with van der Waals surface area (Å²) in [6.45, 7) is 0.366. The smallest absolute Gasteiger partial charge is 0.392 e. The van der Waals surface area contributed by atoms with E-state index in [1.807, 2.05) is 0 Å². The number of hydrogen-bond acceptors (Lipinski definition) is 2. The predicted octanol–water partition coefficient (Wildman–Crippen LogP) is 2.24. The topological polar surface area (TPSA) is 49.3 Å². The highest BCUT2D eigenvalue weighted by Gasteiger charge is 2.47. The van der Waals surface area contributed by atoms with E-state index < -0.39 is 23.9 Å². The first-order valence-corrected chi connectivity index (χ1v) is 6.42. The summed E-state index contributed by atoms with van der Waals surface area (Å²) in [7, 11) is 0. The summed E-state index contributed by atoms with van der Waals surface area (Å²) in [6, 6.07) is 0. The molecule has 0 aromatic carbocycles. The number of aliphatic hydroxyl groups excluding tert-OH is 1. The van der Waals surface area contributed by atoms with E-state index >= 15 is 0 Å². The first kappa shape index (κ1) is 15.3. The van der Waals surface area contributed by atoms with Crippen LogP contribution in [0.25, 0.3) is 0 Å². The van der Waals surface area contributed by atoms with Gasteiger partial charge in [-0.25, -0.2) is 0 Å². The maximum absolute atomic E-state index is 12.8. The van der Waals surface area contributed by atoms with Gasteiger partial charge in [0.05, 0.1) is 5.92 Å². The van der Waals surface area contributed by atoms with Crippen LogP contribution < -0.4 is 5.32 Å². The summed E-state index contributed by atoms with van der Waals surface area (Å²) in [4.78, 5) is 11.7. The zero-order valence-electron chi connectivity index (χ0n) is 10.3. The molecule has 1 aliphatic carbocycles. The summed E-state index contributed by atoms with van der Waals surface area (Å²) in [6.07, 6.45) is -1.55. The SMILES string of the molecule is O=C(NCCCCO)C1CCCCC1C(F)(F)F. The van der Waals surface area contributed by atoms with Gasteiger partial charge < -0.3 is 10.4 Å². The Balaban J connectivity index is 2.47. The van der Waals surface area contributed by atoms with Crippen LogP contribution >= 0.6 is 0 Å². The van der Waals surface area contributed by atoms with Gasteiger partial charge in [0.1, 0.15) is 0 Å². The Kier molecular flexibility index (Phi) is 5.91. The maximum atomic E-state index is 12.8. The molecule has 0 radical (unpaired) electrons. The molecule has 2 atom stereocenters. The number of hydrogen-bond donors (Lipinski definition) is 2. The van der Waals surface area contributed by atoms with Crippen LogP contribution in [0.4, 0.5) is 13.2 Å². The van der Waals surface area contributed by atoms with Crippen molar-refractivity contribution in [2.45, 2.75) is 44.7 Å². The lowest BCUT2D eigenvalue weighted by atomic mass is 9.78. The fourth-order valence-corrected chi connectivity index (χ4v) is 2.42. The van der Waals surface area contributed by atoms with Gasteiger partial charge in [0.2, 0.25) is 5.91 Å². The molecule has 1 fully saturated rings. The number of amides is 1. The highest BCUT2D eigenvalue weighted by Crippen LogP contribution is 2.41. The van der Waals surface area contributed by atoms with E-state index in [4.69, 9.17) is 5.11 Å². The van der Waals surface area contributed by atoms with E-state index in [0.717, 1.165) is 0 Å². The molecule has 1 aliphatic rings. The Bertz CT molecular complexity index is 269. The second-order valence-electron chi connectivity index (χ2n) is 4.76. The van der Waals surface area contributed by atoms with E-state index in [1.54, 1.807) is 0 Å². The molecule has 0 heterocycles. The van der Waals surface area contributed by atoms with E-state index in [9.17, 15) is 18.0 Å². The van der Waals surface area contributed by atoms with Crippen molar-refractivity contribution in [1.29, 1.82) is 0 Å². The summed E-state index contributed by atoms with van der Waals surface area (Å²) in [5.41, 5.74) is 0. The first-order valence-electron chi connectivity index (χ1n) is 6.42. The highest BCUT2D eigenvalue weighted by molar-refractivity contribution is 5.79. The molecule has 6 heteroatoms. The van der Waals surface area contributed by atoms with Gasteiger partial charge in [-0.1, -0.05) is 12.8 Å². The van der Waals surface area contributed by atoms with E-state index in [2.05, 4.69) is 5.32 Å². The number of halogens is 3. The lowest BCUT2D eigenvalue weighted by Gasteiger charge is -2.32. The number of aliphatic hydroxyl groups is 1. The van der Waals surface area contributed by atoms with Gasteiger partial charge in [-0.15, -0.1) is 0 Å². The number of rotatable bonds is 5.